The molecule has 1 N–H and O–H groups in total. The molecule has 0 aromatic heterocycles. The van der Waals surface area contributed by atoms with Gasteiger partial charge in [0.15, 0.2) is 6.10 Å². The number of carbonyl (C=O) groups excluding carboxylic acids is 1. The van der Waals surface area contributed by atoms with E-state index in [0.717, 1.165) is 17.5 Å². The predicted molar refractivity (Wildman–Crippen MR) is 77.4 cm³/mol. The molecule has 1 fully saturated rings. The highest BCUT2D eigenvalue weighted by molar-refractivity contribution is 5.83. The van der Waals surface area contributed by atoms with Crippen molar-refractivity contribution in [1.29, 1.82) is 0 Å². The molecule has 0 spiro atoms. The number of carbonyl (C=O) groups is 2. The average Bonchev–Trinajstić information content (AvgIpc) is 2.53. The van der Waals surface area contributed by atoms with Crippen molar-refractivity contribution in [3.63, 3.8) is 0 Å². The third-order valence-corrected chi connectivity index (χ3v) is 4.07. The fourth-order valence-corrected chi connectivity index (χ4v) is 3.00. The highest BCUT2D eigenvalue weighted by Crippen LogP contribution is 2.29. The largest absolute Gasteiger partial charge is 0.481 e. The lowest BCUT2D eigenvalue weighted by atomic mass is 9.96. The highest BCUT2D eigenvalue weighted by Gasteiger charge is 2.34. The van der Waals surface area contributed by atoms with Gasteiger partial charge in [0, 0.05) is 13.1 Å². The topological polar surface area (TPSA) is 76.1 Å². The van der Waals surface area contributed by atoms with Crippen molar-refractivity contribution in [1.82, 2.24) is 4.90 Å². The van der Waals surface area contributed by atoms with Gasteiger partial charge in [0.1, 0.15) is 0 Å². The molecular formula is C16H19NO5. The number of carboxylic acid groups (broad SMARTS) is 1. The van der Waals surface area contributed by atoms with Gasteiger partial charge in [0.05, 0.1) is 25.7 Å². The molecule has 2 unspecified atom stereocenters. The van der Waals surface area contributed by atoms with E-state index in [1.807, 2.05) is 24.3 Å². The van der Waals surface area contributed by atoms with E-state index in [4.69, 9.17) is 14.6 Å². The van der Waals surface area contributed by atoms with Crippen molar-refractivity contribution in [3.05, 3.63) is 35.4 Å². The Morgan fingerprint density at radius 2 is 2.05 bits per heavy atom. The highest BCUT2D eigenvalue weighted by atomic mass is 16.5. The molecule has 1 aromatic rings. The summed E-state index contributed by atoms with van der Waals surface area (Å²) in [6.45, 7) is 1.65. The maximum absolute atomic E-state index is 12.7. The number of hydrogen-bond acceptors (Lipinski definition) is 4. The molecule has 2 heterocycles. The molecule has 3 rings (SSSR count). The Morgan fingerprint density at radius 3 is 2.86 bits per heavy atom. The van der Waals surface area contributed by atoms with Crippen LogP contribution in [-0.2, 0) is 25.5 Å². The Balaban J connectivity index is 1.73. The normalized spacial score (nSPS) is 24.6. The Kier molecular flexibility index (Phi) is 4.40. The maximum atomic E-state index is 12.7. The SMILES string of the molecule is O=C(O)CC1CN(C(=O)C2OCCc3ccccc32)CCO1. The molecule has 0 aliphatic carbocycles. The second kappa shape index (κ2) is 6.46. The number of rotatable bonds is 3. The first kappa shape index (κ1) is 15.0. The lowest BCUT2D eigenvalue weighted by Gasteiger charge is -2.36. The molecule has 6 nitrogen and oxygen atoms in total. The summed E-state index contributed by atoms with van der Waals surface area (Å²) in [6, 6.07) is 7.81. The Labute approximate surface area is 128 Å². The lowest BCUT2D eigenvalue weighted by molar-refractivity contribution is -0.156. The zero-order chi connectivity index (χ0) is 15.5. The van der Waals surface area contributed by atoms with E-state index in [1.54, 1.807) is 4.90 Å². The summed E-state index contributed by atoms with van der Waals surface area (Å²) in [5.41, 5.74) is 2.06. The number of ether oxygens (including phenoxy) is 2. The van der Waals surface area contributed by atoms with Gasteiger partial charge >= 0.3 is 5.97 Å². The molecule has 2 aliphatic rings. The van der Waals surface area contributed by atoms with Gasteiger partial charge in [-0.15, -0.1) is 0 Å². The number of aliphatic carboxylic acids is 1. The molecule has 1 saturated heterocycles. The molecule has 118 valence electrons. The number of amides is 1. The standard InChI is InChI=1S/C16H19NO5/c18-14(19)9-12-10-17(6-8-21-12)16(20)15-13-4-2-1-3-11(13)5-7-22-15/h1-4,12,15H,5-10H2,(H,18,19). The third kappa shape index (κ3) is 3.13. The molecule has 22 heavy (non-hydrogen) atoms. The number of carboxylic acids is 1. The summed E-state index contributed by atoms with van der Waals surface area (Å²) in [7, 11) is 0. The van der Waals surface area contributed by atoms with E-state index in [1.165, 1.54) is 0 Å². The fraction of sp³-hybridized carbons (Fsp3) is 0.500. The summed E-state index contributed by atoms with van der Waals surface area (Å²) in [5, 5.41) is 8.86. The molecule has 0 bridgehead atoms. The van der Waals surface area contributed by atoms with Gasteiger partial charge in [-0.1, -0.05) is 24.3 Å². The molecular weight excluding hydrogens is 286 g/mol. The van der Waals surface area contributed by atoms with Crippen LogP contribution in [0.5, 0.6) is 0 Å². The Morgan fingerprint density at radius 1 is 1.23 bits per heavy atom. The first-order valence-corrected chi connectivity index (χ1v) is 7.46. The van der Waals surface area contributed by atoms with Gasteiger partial charge in [-0.3, -0.25) is 9.59 Å². The van der Waals surface area contributed by atoms with Gasteiger partial charge in [-0.05, 0) is 17.5 Å². The van der Waals surface area contributed by atoms with E-state index in [0.29, 0.717) is 26.3 Å². The summed E-state index contributed by atoms with van der Waals surface area (Å²) in [4.78, 5) is 25.2. The van der Waals surface area contributed by atoms with Gasteiger partial charge in [0.25, 0.3) is 5.91 Å². The van der Waals surface area contributed by atoms with E-state index in [-0.39, 0.29) is 12.3 Å². The van der Waals surface area contributed by atoms with E-state index in [2.05, 4.69) is 0 Å². The predicted octanol–water partition coefficient (Wildman–Crippen LogP) is 1.00. The number of nitrogens with zero attached hydrogens (tertiary/aromatic N) is 1. The van der Waals surface area contributed by atoms with Crippen LogP contribution in [0.25, 0.3) is 0 Å². The molecule has 2 atom stereocenters. The van der Waals surface area contributed by atoms with Gasteiger partial charge < -0.3 is 19.5 Å². The summed E-state index contributed by atoms with van der Waals surface area (Å²) in [5.74, 6) is -1.02. The minimum Gasteiger partial charge on any atom is -0.481 e. The zero-order valence-corrected chi connectivity index (χ0v) is 12.2. The van der Waals surface area contributed by atoms with E-state index < -0.39 is 18.2 Å². The van der Waals surface area contributed by atoms with E-state index in [9.17, 15) is 9.59 Å². The molecule has 2 aliphatic heterocycles. The number of benzene rings is 1. The van der Waals surface area contributed by atoms with Crippen LogP contribution >= 0.6 is 0 Å². The minimum absolute atomic E-state index is 0.0914. The van der Waals surface area contributed by atoms with Crippen molar-refractivity contribution in [2.75, 3.05) is 26.3 Å². The Bertz CT molecular complexity index is 573. The number of morpholine rings is 1. The Hall–Kier alpha value is -1.92. The van der Waals surface area contributed by atoms with Crippen molar-refractivity contribution < 1.29 is 24.2 Å². The quantitative estimate of drug-likeness (QED) is 0.901. The van der Waals surface area contributed by atoms with Crippen LogP contribution in [-0.4, -0.2) is 54.3 Å². The molecule has 1 aromatic carbocycles. The van der Waals surface area contributed by atoms with Crippen LogP contribution in [0.3, 0.4) is 0 Å². The molecule has 1 amide bonds. The smallest absolute Gasteiger partial charge is 0.306 e. The maximum Gasteiger partial charge on any atom is 0.306 e. The second-order valence-corrected chi connectivity index (χ2v) is 5.57. The number of hydrogen-bond donors (Lipinski definition) is 1. The van der Waals surface area contributed by atoms with Crippen LogP contribution in [0.2, 0.25) is 0 Å². The van der Waals surface area contributed by atoms with Crippen molar-refractivity contribution in [3.8, 4) is 0 Å². The van der Waals surface area contributed by atoms with Crippen molar-refractivity contribution in [2.45, 2.75) is 25.0 Å². The molecule has 6 heteroatoms. The minimum atomic E-state index is -0.918. The summed E-state index contributed by atoms with van der Waals surface area (Å²) in [6.07, 6.45) is -0.320. The monoisotopic (exact) mass is 305 g/mol. The van der Waals surface area contributed by atoms with E-state index >= 15 is 0 Å². The first-order chi connectivity index (χ1) is 10.6. The van der Waals surface area contributed by atoms with Gasteiger partial charge in [-0.2, -0.15) is 0 Å². The van der Waals surface area contributed by atoms with Crippen LogP contribution in [0, 0.1) is 0 Å². The molecule has 0 radical (unpaired) electrons. The van der Waals surface area contributed by atoms with Gasteiger partial charge in [-0.25, -0.2) is 0 Å². The second-order valence-electron chi connectivity index (χ2n) is 5.57. The van der Waals surface area contributed by atoms with Crippen molar-refractivity contribution >= 4 is 11.9 Å². The van der Waals surface area contributed by atoms with Crippen LogP contribution in [0.4, 0.5) is 0 Å². The first-order valence-electron chi connectivity index (χ1n) is 7.46. The third-order valence-electron chi connectivity index (χ3n) is 4.07. The van der Waals surface area contributed by atoms with Crippen LogP contribution in [0.15, 0.2) is 24.3 Å². The molecule has 0 saturated carbocycles. The van der Waals surface area contributed by atoms with Crippen molar-refractivity contribution in [2.24, 2.45) is 0 Å². The summed E-state index contributed by atoms with van der Waals surface area (Å²) < 4.78 is 11.1. The lowest BCUT2D eigenvalue weighted by Crippen LogP contribution is -2.48. The van der Waals surface area contributed by atoms with Crippen LogP contribution in [0.1, 0.15) is 23.7 Å². The average molecular weight is 305 g/mol. The van der Waals surface area contributed by atoms with Crippen LogP contribution < -0.4 is 0 Å². The number of fused-ring (bicyclic) bond motifs is 1. The zero-order valence-electron chi connectivity index (χ0n) is 12.2. The van der Waals surface area contributed by atoms with Gasteiger partial charge in [0.2, 0.25) is 0 Å². The summed E-state index contributed by atoms with van der Waals surface area (Å²) >= 11 is 0. The fourth-order valence-electron chi connectivity index (χ4n) is 3.00.